The first-order valence-electron chi connectivity index (χ1n) is 35.3. The van der Waals surface area contributed by atoms with Crippen LogP contribution in [0.2, 0.25) is 0 Å². The molecule has 486 valence electrons. The molecule has 1 amide bonds. The van der Waals surface area contributed by atoms with Crippen molar-refractivity contribution in [3.05, 3.63) is 109 Å². The average Bonchev–Trinajstić information content (AvgIpc) is 3.56. The van der Waals surface area contributed by atoms with Crippen LogP contribution in [0.5, 0.6) is 0 Å². The third kappa shape index (κ3) is 66.7. The van der Waals surface area contributed by atoms with Gasteiger partial charge in [0, 0.05) is 6.42 Å². The molecule has 0 saturated carbocycles. The first-order valence-corrected chi connectivity index (χ1v) is 36.8. The van der Waals surface area contributed by atoms with Gasteiger partial charge < -0.3 is 19.8 Å². The Morgan fingerprint density at radius 2 is 0.714 bits per heavy atom. The van der Waals surface area contributed by atoms with E-state index in [-0.39, 0.29) is 19.1 Å². The lowest BCUT2D eigenvalue weighted by molar-refractivity contribution is -0.870. The number of phosphoric acid groups is 1. The summed E-state index contributed by atoms with van der Waals surface area (Å²) in [6, 6.07) is -0.854. The maximum absolute atomic E-state index is 13.1. The lowest BCUT2D eigenvalue weighted by Crippen LogP contribution is -2.45. The Bertz CT molecular complexity index is 1740. The summed E-state index contributed by atoms with van der Waals surface area (Å²) < 4.78 is 23.8. The number of amides is 1. The van der Waals surface area contributed by atoms with Crippen molar-refractivity contribution < 1.29 is 32.9 Å². The molecular weight excluding hydrogens is 1060 g/mol. The Morgan fingerprint density at radius 1 is 0.417 bits per heavy atom. The minimum atomic E-state index is -4.36. The lowest BCUT2D eigenvalue weighted by atomic mass is 10.0. The fourth-order valence-corrected chi connectivity index (χ4v) is 10.8. The van der Waals surface area contributed by atoms with Crippen LogP contribution in [0.1, 0.15) is 309 Å². The molecule has 0 aliphatic rings. The molecule has 0 rings (SSSR count). The number of rotatable bonds is 64. The van der Waals surface area contributed by atoms with Crippen molar-refractivity contribution in [2.45, 2.75) is 321 Å². The number of hydrogen-bond acceptors (Lipinski definition) is 5. The number of nitrogens with one attached hydrogen (secondary N) is 1. The van der Waals surface area contributed by atoms with Crippen molar-refractivity contribution in [2.75, 3.05) is 40.9 Å². The number of phosphoric ester groups is 1. The number of hydrogen-bond donors (Lipinski definition) is 3. The minimum absolute atomic E-state index is 0.0586. The summed E-state index contributed by atoms with van der Waals surface area (Å²) >= 11 is 0. The van der Waals surface area contributed by atoms with E-state index in [9.17, 15) is 19.4 Å². The molecule has 3 N–H and O–H groups in total. The largest absolute Gasteiger partial charge is 0.472 e. The second-order valence-corrected chi connectivity index (χ2v) is 26.3. The normalized spacial score (nSPS) is 14.3. The number of aliphatic hydroxyl groups excluding tert-OH is 1. The van der Waals surface area contributed by atoms with Gasteiger partial charge in [0.25, 0.3) is 0 Å². The summed E-state index contributed by atoms with van der Waals surface area (Å²) in [5.74, 6) is -0.177. The standard InChI is InChI=1S/C75H135N2O6P/c1-6-8-10-12-14-16-18-20-22-24-26-28-30-31-32-33-34-35-36-37-38-39-40-41-42-43-44-45-47-49-51-53-55-57-59-61-63-65-67-69-75(79)76-73(72-83-84(80,81)82-71-70-77(3,4)5)74(78)68-66-64-62-60-58-56-54-52-50-48-46-29-27-25-23-21-19-17-15-13-11-9-7-2/h8,10,14,16,20,22,26,28,31-32,34-35,37-38,40-41,66,68,73-74,78H,6-7,9,11-13,15,17-19,21,23-25,27,29-30,33,36,39,42-65,67,69-72H2,1-5H3,(H-,76,79,80,81)/p+1/b10-8-,16-14-,22-20-,28-26-,32-31-,35-34-,38-37-,41-40-,68-66+. The van der Waals surface area contributed by atoms with Gasteiger partial charge in [0.1, 0.15) is 13.2 Å². The Balaban J connectivity index is 4.07. The molecule has 0 aliphatic heterocycles. The number of quaternary nitrogens is 1. The van der Waals surface area contributed by atoms with E-state index in [0.29, 0.717) is 17.4 Å². The summed E-state index contributed by atoms with van der Waals surface area (Å²) in [7, 11) is 1.57. The van der Waals surface area contributed by atoms with Crippen molar-refractivity contribution in [2.24, 2.45) is 0 Å². The van der Waals surface area contributed by atoms with Crippen LogP contribution in [0, 0.1) is 0 Å². The van der Waals surface area contributed by atoms with Crippen molar-refractivity contribution in [3.63, 3.8) is 0 Å². The van der Waals surface area contributed by atoms with Gasteiger partial charge in [-0.05, 0) is 83.5 Å². The zero-order valence-electron chi connectivity index (χ0n) is 55.6. The first kappa shape index (κ1) is 81.2. The summed E-state index contributed by atoms with van der Waals surface area (Å²) in [5, 5.41) is 14.0. The average molecular weight is 1190 g/mol. The monoisotopic (exact) mass is 1190 g/mol. The van der Waals surface area contributed by atoms with Crippen LogP contribution in [0.15, 0.2) is 109 Å². The summed E-state index contributed by atoms with van der Waals surface area (Å²) in [6.07, 6.45) is 95.1. The number of unbranched alkanes of at least 4 members (excludes halogenated alkanes) is 35. The van der Waals surface area contributed by atoms with Crippen molar-refractivity contribution in [1.82, 2.24) is 5.32 Å². The van der Waals surface area contributed by atoms with E-state index in [1.807, 2.05) is 27.2 Å². The van der Waals surface area contributed by atoms with E-state index in [2.05, 4.69) is 116 Å². The maximum atomic E-state index is 13.1. The molecule has 9 heteroatoms. The molecule has 0 heterocycles. The number of nitrogens with zero attached hydrogens (tertiary/aromatic N) is 1. The zero-order chi connectivity index (χ0) is 61.2. The Kier molecular flexibility index (Phi) is 62.4. The van der Waals surface area contributed by atoms with E-state index in [0.717, 1.165) is 89.9 Å². The molecule has 0 aliphatic carbocycles. The predicted molar refractivity (Wildman–Crippen MR) is 369 cm³/mol. The molecular formula is C75H136N2O6P+. The lowest BCUT2D eigenvalue weighted by Gasteiger charge is -2.25. The van der Waals surface area contributed by atoms with E-state index >= 15 is 0 Å². The second kappa shape index (κ2) is 64.6. The van der Waals surface area contributed by atoms with Crippen molar-refractivity contribution in [3.8, 4) is 0 Å². The molecule has 0 spiro atoms. The van der Waals surface area contributed by atoms with E-state index < -0.39 is 20.0 Å². The fourth-order valence-electron chi connectivity index (χ4n) is 10.1. The quantitative estimate of drug-likeness (QED) is 0.0243. The third-order valence-corrected chi connectivity index (χ3v) is 16.5. The van der Waals surface area contributed by atoms with Gasteiger partial charge in [0.05, 0.1) is 39.9 Å². The van der Waals surface area contributed by atoms with Gasteiger partial charge in [-0.2, -0.15) is 0 Å². The highest BCUT2D eigenvalue weighted by Gasteiger charge is 2.28. The Labute approximate surface area is 521 Å². The molecule has 0 aromatic rings. The smallest absolute Gasteiger partial charge is 0.387 e. The van der Waals surface area contributed by atoms with Crippen LogP contribution < -0.4 is 5.32 Å². The number of likely N-dealkylation sites (N-methyl/N-ethyl adjacent to an activating group) is 1. The molecule has 84 heavy (non-hydrogen) atoms. The van der Waals surface area contributed by atoms with E-state index in [1.165, 1.54) is 199 Å². The first-order chi connectivity index (χ1) is 41.0. The summed E-state index contributed by atoms with van der Waals surface area (Å²) in [6.45, 7) is 4.73. The van der Waals surface area contributed by atoms with Crippen LogP contribution in [-0.2, 0) is 18.4 Å². The number of allylic oxidation sites excluding steroid dienone is 17. The van der Waals surface area contributed by atoms with E-state index in [4.69, 9.17) is 9.05 Å². The van der Waals surface area contributed by atoms with Gasteiger partial charge in [0.15, 0.2) is 0 Å². The molecule has 0 saturated heterocycles. The van der Waals surface area contributed by atoms with Gasteiger partial charge in [-0.15, -0.1) is 0 Å². The molecule has 3 atom stereocenters. The molecule has 3 unspecified atom stereocenters. The predicted octanol–water partition coefficient (Wildman–Crippen LogP) is 22.7. The van der Waals surface area contributed by atoms with Crippen LogP contribution in [0.3, 0.4) is 0 Å². The third-order valence-electron chi connectivity index (χ3n) is 15.5. The SMILES string of the molecule is CC/C=C\C/C=C\C/C=C\C/C=C\C/C=C\C/C=C\C/C=C\C/C=C\CCCCCCCCCCCCCCCCC(=O)NC(COP(=O)(O)OCC[N+](C)(C)C)C(O)/C=C/CCCCCCCCCCCCCCCCCCCCCCC. The van der Waals surface area contributed by atoms with Crippen molar-refractivity contribution in [1.29, 1.82) is 0 Å². The number of carbonyl (C=O) groups excluding carboxylic acids is 1. The number of aliphatic hydroxyl groups is 1. The summed E-state index contributed by atoms with van der Waals surface area (Å²) in [5.41, 5.74) is 0. The number of carbonyl (C=O) groups is 1. The topological polar surface area (TPSA) is 105 Å². The van der Waals surface area contributed by atoms with Gasteiger partial charge in [-0.3, -0.25) is 13.8 Å². The minimum Gasteiger partial charge on any atom is -0.387 e. The van der Waals surface area contributed by atoms with Crippen molar-refractivity contribution >= 4 is 13.7 Å². The molecule has 0 radical (unpaired) electrons. The molecule has 8 nitrogen and oxygen atoms in total. The molecule has 0 bridgehead atoms. The van der Waals surface area contributed by atoms with Crippen LogP contribution in [-0.4, -0.2) is 73.4 Å². The van der Waals surface area contributed by atoms with E-state index in [1.54, 1.807) is 6.08 Å². The summed E-state index contributed by atoms with van der Waals surface area (Å²) in [4.78, 5) is 23.4. The van der Waals surface area contributed by atoms with Gasteiger partial charge in [-0.25, -0.2) is 4.57 Å². The van der Waals surface area contributed by atoms with Gasteiger partial charge >= 0.3 is 7.82 Å². The fraction of sp³-hybridized carbons (Fsp3) is 0.747. The Morgan fingerprint density at radius 3 is 1.05 bits per heavy atom. The van der Waals surface area contributed by atoms with Crippen LogP contribution in [0.4, 0.5) is 0 Å². The molecule has 0 aromatic heterocycles. The highest BCUT2D eigenvalue weighted by molar-refractivity contribution is 7.47. The highest BCUT2D eigenvalue weighted by Crippen LogP contribution is 2.43. The highest BCUT2D eigenvalue weighted by atomic mass is 31.2. The molecule has 0 aromatic carbocycles. The van der Waals surface area contributed by atoms with Crippen LogP contribution >= 0.6 is 7.82 Å². The van der Waals surface area contributed by atoms with Gasteiger partial charge in [-0.1, -0.05) is 329 Å². The maximum Gasteiger partial charge on any atom is 0.472 e. The Hall–Kier alpha value is -2.84. The van der Waals surface area contributed by atoms with Gasteiger partial charge in [0.2, 0.25) is 5.91 Å². The van der Waals surface area contributed by atoms with Crippen LogP contribution in [0.25, 0.3) is 0 Å². The zero-order valence-corrected chi connectivity index (χ0v) is 56.5. The molecule has 0 fully saturated rings. The second-order valence-electron chi connectivity index (χ2n) is 24.9.